The maximum atomic E-state index is 14.3. The molecule has 5 aromatic carbocycles. The minimum absolute atomic E-state index is 0.0711. The molecule has 0 spiro atoms. The molecule has 1 aliphatic carbocycles. The molecule has 6 nitrogen and oxygen atoms in total. The van der Waals surface area contributed by atoms with E-state index >= 15 is 0 Å². The summed E-state index contributed by atoms with van der Waals surface area (Å²) in [6.07, 6.45) is 5.59. The molecule has 0 unspecified atom stereocenters. The van der Waals surface area contributed by atoms with Crippen LogP contribution >= 0.6 is 57.1 Å². The van der Waals surface area contributed by atoms with E-state index < -0.39 is 0 Å². The number of benzene rings is 5. The Morgan fingerprint density at radius 2 is 0.968 bits per heavy atom. The van der Waals surface area contributed by atoms with Crippen LogP contribution in [-0.2, 0) is 0 Å². The molecule has 0 amide bonds. The standard InChI is InChI=1S/C52H30N4O2S5/c1-26-7-16-47(60-26)33-12-13-34(50-49(33)55-63-56-50)48-20-18-44(62-48)28-9-15-40-36(23-28)52(58)38-25-41-37(24-42(38)54-40)51(57)35-22-27(8-14-39(35)53-41)43-17-19-46(61-43)32-11-10-31(45-6-3-21-59-45)29-4-2-5-30(29)32/h3-25H,2H2,1H3,(H,53,57)(H,54,58). The van der Waals surface area contributed by atoms with E-state index in [0.717, 1.165) is 65.4 Å². The smallest absolute Gasteiger partial charge is 0.197 e. The SMILES string of the molecule is Cc1ccc(-c2ccc(-c3ccc(-c4ccc5[nH]c6cc7c(=O)c8cc(-c9ccc(-c%10ccc(-c%11cccs%11)c%11c%10=CCC=%11)s9)ccc8[nH]c7cc6c(=O)c5c4)s3)c3nsnc23)s1. The molecule has 1 aliphatic rings. The summed E-state index contributed by atoms with van der Waals surface area (Å²) in [5.74, 6) is 0. The molecule has 7 aromatic heterocycles. The van der Waals surface area contributed by atoms with Gasteiger partial charge in [0.1, 0.15) is 11.0 Å². The molecule has 0 saturated heterocycles. The average Bonchev–Trinajstić information content (AvgIpc) is 4.17. The number of H-pyrrole nitrogens is 2. The van der Waals surface area contributed by atoms with Gasteiger partial charge in [0.25, 0.3) is 0 Å². The molecule has 11 heteroatoms. The van der Waals surface area contributed by atoms with Crippen LogP contribution in [0.15, 0.2) is 136 Å². The van der Waals surface area contributed by atoms with E-state index in [4.69, 9.17) is 4.37 Å². The molecule has 0 atom stereocenters. The Kier molecular flexibility index (Phi) is 8.35. The van der Waals surface area contributed by atoms with Gasteiger partial charge in [-0.1, -0.05) is 54.6 Å². The molecule has 300 valence electrons. The molecular formula is C52H30N4O2S5. The predicted octanol–water partition coefficient (Wildman–Crippen LogP) is 13.2. The minimum atomic E-state index is -0.0824. The molecule has 7 heterocycles. The number of nitrogens with zero attached hydrogens (tertiary/aromatic N) is 2. The second-order valence-corrected chi connectivity index (χ2v) is 20.8. The lowest BCUT2D eigenvalue weighted by Crippen LogP contribution is -2.25. The highest BCUT2D eigenvalue weighted by Crippen LogP contribution is 2.42. The first-order valence-electron chi connectivity index (χ1n) is 20.4. The van der Waals surface area contributed by atoms with E-state index in [1.54, 1.807) is 45.3 Å². The van der Waals surface area contributed by atoms with Gasteiger partial charge in [0.05, 0.1) is 22.8 Å². The third kappa shape index (κ3) is 5.92. The normalized spacial score (nSPS) is 12.5. The second-order valence-electron chi connectivity index (χ2n) is 15.8. The Morgan fingerprint density at radius 3 is 1.51 bits per heavy atom. The molecule has 63 heavy (non-hydrogen) atoms. The molecular weight excluding hydrogens is 873 g/mol. The zero-order valence-corrected chi connectivity index (χ0v) is 37.3. The van der Waals surface area contributed by atoms with Crippen LogP contribution in [0.5, 0.6) is 0 Å². The second kappa shape index (κ2) is 14.2. The molecule has 0 aliphatic heterocycles. The largest absolute Gasteiger partial charge is 0.354 e. The Bertz CT molecular complexity index is 4140. The van der Waals surface area contributed by atoms with E-state index in [2.05, 4.69) is 118 Å². The first-order chi connectivity index (χ1) is 30.9. The molecule has 13 rings (SSSR count). The third-order valence-corrected chi connectivity index (χ3v) is 17.0. The maximum absolute atomic E-state index is 14.3. The summed E-state index contributed by atoms with van der Waals surface area (Å²) in [6, 6.07) is 41.6. The number of fused-ring (bicyclic) bond motifs is 6. The number of hydrogen-bond donors (Lipinski definition) is 2. The number of aromatic amines is 2. The van der Waals surface area contributed by atoms with Crippen LogP contribution in [0.4, 0.5) is 0 Å². The fourth-order valence-electron chi connectivity index (χ4n) is 9.10. The third-order valence-electron chi connectivity index (χ3n) is 12.2. The minimum Gasteiger partial charge on any atom is -0.354 e. The first-order valence-corrected chi connectivity index (χ1v) is 24.5. The highest BCUT2D eigenvalue weighted by atomic mass is 32.1. The average molecular weight is 903 g/mol. The van der Waals surface area contributed by atoms with Crippen molar-refractivity contribution in [3.63, 3.8) is 0 Å². The summed E-state index contributed by atoms with van der Waals surface area (Å²) in [5.41, 5.74) is 11.0. The number of rotatable bonds is 6. The lowest BCUT2D eigenvalue weighted by molar-refractivity contribution is 1.46. The van der Waals surface area contributed by atoms with E-state index in [1.165, 1.54) is 52.8 Å². The number of pyridine rings is 2. The van der Waals surface area contributed by atoms with E-state index in [9.17, 15) is 9.59 Å². The van der Waals surface area contributed by atoms with Crippen molar-refractivity contribution in [1.29, 1.82) is 0 Å². The Hall–Kier alpha value is -6.60. The maximum Gasteiger partial charge on any atom is 0.197 e. The Labute approximate surface area is 378 Å². The lowest BCUT2D eigenvalue weighted by atomic mass is 10.0. The van der Waals surface area contributed by atoms with Gasteiger partial charge >= 0.3 is 0 Å². The predicted molar refractivity (Wildman–Crippen MR) is 270 cm³/mol. The molecule has 0 fully saturated rings. The van der Waals surface area contributed by atoms with Crippen LogP contribution in [0.1, 0.15) is 11.3 Å². The zero-order valence-electron chi connectivity index (χ0n) is 33.2. The van der Waals surface area contributed by atoms with Crippen LogP contribution in [-0.4, -0.2) is 18.7 Å². The van der Waals surface area contributed by atoms with Gasteiger partial charge in [-0.2, -0.15) is 8.75 Å². The molecule has 0 radical (unpaired) electrons. The number of aromatic nitrogens is 4. The van der Waals surface area contributed by atoms with Crippen molar-refractivity contribution < 1.29 is 0 Å². The van der Waals surface area contributed by atoms with Crippen LogP contribution in [0.25, 0.3) is 129 Å². The van der Waals surface area contributed by atoms with Crippen molar-refractivity contribution in [2.75, 3.05) is 0 Å². The van der Waals surface area contributed by atoms with Crippen LogP contribution < -0.4 is 21.3 Å². The van der Waals surface area contributed by atoms with Gasteiger partial charge in [-0.25, -0.2) is 0 Å². The first kappa shape index (κ1) is 37.0. The van der Waals surface area contributed by atoms with Crippen molar-refractivity contribution in [3.05, 3.63) is 162 Å². The summed E-state index contributed by atoms with van der Waals surface area (Å²) < 4.78 is 9.40. The molecule has 12 aromatic rings. The number of thiophene rings is 4. The van der Waals surface area contributed by atoms with E-state index in [-0.39, 0.29) is 10.9 Å². The van der Waals surface area contributed by atoms with Gasteiger partial charge in [0.15, 0.2) is 10.9 Å². The summed E-state index contributed by atoms with van der Waals surface area (Å²) in [5, 5.41) is 7.01. The fourth-order valence-corrected chi connectivity index (χ4v) is 13.4. The van der Waals surface area contributed by atoms with E-state index in [1.807, 2.05) is 42.5 Å². The Balaban J connectivity index is 0.840. The summed E-state index contributed by atoms with van der Waals surface area (Å²) in [4.78, 5) is 43.7. The molecule has 0 bridgehead atoms. The number of aryl methyl sites for hydroxylation is 1. The zero-order chi connectivity index (χ0) is 41.9. The van der Waals surface area contributed by atoms with E-state index in [0.29, 0.717) is 32.6 Å². The summed E-state index contributed by atoms with van der Waals surface area (Å²) in [7, 11) is 0. The van der Waals surface area contributed by atoms with Gasteiger partial charge in [-0.15, -0.1) is 45.3 Å². The number of nitrogens with one attached hydrogen (secondary N) is 2. The molecule has 2 N–H and O–H groups in total. The molecule has 0 saturated carbocycles. The number of hydrogen-bond acceptors (Lipinski definition) is 9. The summed E-state index contributed by atoms with van der Waals surface area (Å²) >= 11 is 8.19. The quantitative estimate of drug-likeness (QED) is 0.163. The van der Waals surface area contributed by atoms with Crippen molar-refractivity contribution >= 4 is 124 Å². The fraction of sp³-hybridized carbons (Fsp3) is 0.0385. The van der Waals surface area contributed by atoms with Gasteiger partial charge in [0, 0.05) is 77.8 Å². The van der Waals surface area contributed by atoms with Crippen molar-refractivity contribution in [3.8, 4) is 62.6 Å². The van der Waals surface area contributed by atoms with Crippen molar-refractivity contribution in [2.45, 2.75) is 13.3 Å². The van der Waals surface area contributed by atoms with Gasteiger partial charge in [0.2, 0.25) is 0 Å². The van der Waals surface area contributed by atoms with Crippen molar-refractivity contribution in [1.82, 2.24) is 18.7 Å². The topological polar surface area (TPSA) is 91.5 Å². The van der Waals surface area contributed by atoms with Crippen molar-refractivity contribution in [2.24, 2.45) is 0 Å². The van der Waals surface area contributed by atoms with Crippen LogP contribution in [0.3, 0.4) is 0 Å². The van der Waals surface area contributed by atoms with Crippen LogP contribution in [0.2, 0.25) is 0 Å². The highest BCUT2D eigenvalue weighted by Gasteiger charge is 2.18. The Morgan fingerprint density at radius 1 is 0.476 bits per heavy atom. The van der Waals surface area contributed by atoms with Gasteiger partial charge < -0.3 is 9.97 Å². The highest BCUT2D eigenvalue weighted by molar-refractivity contribution is 7.19. The monoisotopic (exact) mass is 902 g/mol. The van der Waals surface area contributed by atoms with Crippen LogP contribution in [0, 0.1) is 6.92 Å². The van der Waals surface area contributed by atoms with Gasteiger partial charge in [-0.3, -0.25) is 9.59 Å². The summed E-state index contributed by atoms with van der Waals surface area (Å²) in [6.45, 7) is 2.12. The lowest BCUT2D eigenvalue weighted by Gasteiger charge is -2.09. The van der Waals surface area contributed by atoms with Gasteiger partial charge in [-0.05, 0) is 130 Å².